The highest BCUT2D eigenvalue weighted by atomic mass is 16.5. The van der Waals surface area contributed by atoms with Crippen LogP contribution in [0.25, 0.3) is 11.3 Å². The summed E-state index contributed by atoms with van der Waals surface area (Å²) in [6.07, 6.45) is 3.95. The summed E-state index contributed by atoms with van der Waals surface area (Å²) >= 11 is 0. The van der Waals surface area contributed by atoms with Crippen molar-refractivity contribution in [3.63, 3.8) is 0 Å². The third kappa shape index (κ3) is 7.60. The van der Waals surface area contributed by atoms with E-state index in [4.69, 9.17) is 4.74 Å². The van der Waals surface area contributed by atoms with E-state index in [-0.39, 0.29) is 30.4 Å². The number of likely N-dealkylation sites (tertiary alicyclic amines) is 1. The Morgan fingerprint density at radius 3 is 2.49 bits per heavy atom. The zero-order chi connectivity index (χ0) is 26.0. The van der Waals surface area contributed by atoms with Crippen molar-refractivity contribution in [2.24, 2.45) is 0 Å². The Morgan fingerprint density at radius 2 is 1.73 bits per heavy atom. The van der Waals surface area contributed by atoms with E-state index in [9.17, 15) is 14.4 Å². The van der Waals surface area contributed by atoms with Crippen molar-refractivity contribution in [1.82, 2.24) is 20.0 Å². The van der Waals surface area contributed by atoms with Gasteiger partial charge in [0, 0.05) is 30.3 Å². The molecule has 0 unspecified atom stereocenters. The van der Waals surface area contributed by atoms with Crippen LogP contribution in [0.1, 0.15) is 47.7 Å². The van der Waals surface area contributed by atoms with E-state index >= 15 is 0 Å². The molecule has 0 radical (unpaired) electrons. The van der Waals surface area contributed by atoms with Crippen molar-refractivity contribution >= 4 is 11.9 Å². The van der Waals surface area contributed by atoms with E-state index in [2.05, 4.69) is 15.3 Å². The lowest BCUT2D eigenvalue weighted by molar-refractivity contribution is -0.142. The van der Waals surface area contributed by atoms with Gasteiger partial charge < -0.3 is 15.0 Å². The van der Waals surface area contributed by atoms with Gasteiger partial charge >= 0.3 is 5.97 Å². The Hall–Kier alpha value is -3.78. The summed E-state index contributed by atoms with van der Waals surface area (Å²) in [6, 6.07) is 17.9. The van der Waals surface area contributed by atoms with Gasteiger partial charge in [-0.3, -0.25) is 14.4 Å². The van der Waals surface area contributed by atoms with Crippen molar-refractivity contribution in [1.29, 1.82) is 0 Å². The average Bonchev–Trinajstić information content (AvgIpc) is 2.91. The molecule has 1 aliphatic rings. The Morgan fingerprint density at radius 1 is 0.973 bits per heavy atom. The van der Waals surface area contributed by atoms with Crippen LogP contribution in [0.2, 0.25) is 0 Å². The summed E-state index contributed by atoms with van der Waals surface area (Å²) in [4.78, 5) is 39.2. The van der Waals surface area contributed by atoms with Gasteiger partial charge in [-0.2, -0.15) is 5.10 Å². The van der Waals surface area contributed by atoms with E-state index in [1.807, 2.05) is 36.4 Å². The summed E-state index contributed by atoms with van der Waals surface area (Å²) in [5.41, 5.74) is 3.52. The largest absolute Gasteiger partial charge is 0.466 e. The Balaban J connectivity index is 1.39. The highest BCUT2D eigenvalue weighted by molar-refractivity contribution is 5.94. The minimum absolute atomic E-state index is 0.0933. The quantitative estimate of drug-likeness (QED) is 0.428. The van der Waals surface area contributed by atoms with E-state index in [0.29, 0.717) is 24.4 Å². The maximum atomic E-state index is 12.5. The second kappa shape index (κ2) is 13.0. The predicted octanol–water partition coefficient (Wildman–Crippen LogP) is 3.28. The molecule has 8 nitrogen and oxygen atoms in total. The summed E-state index contributed by atoms with van der Waals surface area (Å²) in [5, 5.41) is 7.54. The number of piperidine rings is 1. The molecule has 4 rings (SSSR count). The van der Waals surface area contributed by atoms with Gasteiger partial charge in [0.1, 0.15) is 0 Å². The van der Waals surface area contributed by atoms with E-state index in [1.165, 1.54) is 30.0 Å². The molecule has 2 aromatic carbocycles. The first kappa shape index (κ1) is 26.3. The Bertz CT molecular complexity index is 1260. The third-order valence-corrected chi connectivity index (χ3v) is 6.45. The number of aromatic nitrogens is 2. The van der Waals surface area contributed by atoms with Gasteiger partial charge in [0.25, 0.3) is 11.5 Å². The molecule has 2 heterocycles. The summed E-state index contributed by atoms with van der Waals surface area (Å²) in [6.45, 7) is 6.13. The Kier molecular flexibility index (Phi) is 9.21. The second-order valence-corrected chi connectivity index (χ2v) is 9.25. The molecule has 1 aromatic heterocycles. The SMILES string of the molecule is CCOC(=O)Cc1cccc(Cn2nc(-c3ccc(C(=O)NCCN4CCCCC4)cc3)ccc2=O)c1. The molecule has 1 amide bonds. The number of rotatable bonds is 10. The molecule has 3 aromatic rings. The summed E-state index contributed by atoms with van der Waals surface area (Å²) in [7, 11) is 0. The van der Waals surface area contributed by atoms with Crippen LogP contribution in [0.5, 0.6) is 0 Å². The van der Waals surface area contributed by atoms with Crippen LogP contribution in [-0.2, 0) is 22.5 Å². The number of benzene rings is 2. The highest BCUT2D eigenvalue weighted by Crippen LogP contribution is 2.17. The smallest absolute Gasteiger partial charge is 0.310 e. The molecule has 0 spiro atoms. The second-order valence-electron chi connectivity index (χ2n) is 9.25. The molecule has 8 heteroatoms. The van der Waals surface area contributed by atoms with Crippen LogP contribution < -0.4 is 10.9 Å². The number of nitrogens with zero attached hydrogens (tertiary/aromatic N) is 3. The predicted molar refractivity (Wildman–Crippen MR) is 142 cm³/mol. The first-order chi connectivity index (χ1) is 18.0. The highest BCUT2D eigenvalue weighted by Gasteiger charge is 2.12. The fourth-order valence-electron chi connectivity index (χ4n) is 4.51. The fraction of sp³-hybridized carbons (Fsp3) is 0.379. The normalized spacial score (nSPS) is 13.8. The van der Waals surface area contributed by atoms with Crippen molar-refractivity contribution in [2.45, 2.75) is 39.2 Å². The minimum atomic E-state index is -0.281. The first-order valence-electron chi connectivity index (χ1n) is 12.9. The monoisotopic (exact) mass is 502 g/mol. The van der Waals surface area contributed by atoms with Gasteiger partial charge in [0.15, 0.2) is 0 Å². The van der Waals surface area contributed by atoms with Crippen LogP contribution in [0.3, 0.4) is 0 Å². The number of amides is 1. The molecule has 1 fully saturated rings. The molecule has 1 saturated heterocycles. The molecule has 1 N–H and O–H groups in total. The summed E-state index contributed by atoms with van der Waals surface area (Å²) in [5.74, 6) is -0.375. The van der Waals surface area contributed by atoms with Crippen molar-refractivity contribution in [2.75, 3.05) is 32.8 Å². The molecular weight excluding hydrogens is 468 g/mol. The maximum absolute atomic E-state index is 12.5. The first-order valence-corrected chi connectivity index (χ1v) is 12.9. The number of ether oxygens (including phenoxy) is 1. The third-order valence-electron chi connectivity index (χ3n) is 6.45. The van der Waals surface area contributed by atoms with Gasteiger partial charge in [0.2, 0.25) is 0 Å². The molecule has 0 saturated carbocycles. The standard InChI is InChI=1S/C29H34N4O4/c1-2-37-28(35)20-22-7-6-8-23(19-22)21-33-27(34)14-13-26(31-33)24-9-11-25(12-10-24)29(36)30-15-18-32-16-4-3-5-17-32/h6-14,19H,2-5,15-18,20-21H2,1H3,(H,30,36). The van der Waals surface area contributed by atoms with Gasteiger partial charge in [-0.25, -0.2) is 4.68 Å². The van der Waals surface area contributed by atoms with Gasteiger partial charge in [-0.1, -0.05) is 42.8 Å². The number of hydrogen-bond acceptors (Lipinski definition) is 6. The molecule has 0 atom stereocenters. The molecule has 194 valence electrons. The van der Waals surface area contributed by atoms with Gasteiger partial charge in [0.05, 0.1) is 25.3 Å². The maximum Gasteiger partial charge on any atom is 0.310 e. The summed E-state index contributed by atoms with van der Waals surface area (Å²) < 4.78 is 6.42. The van der Waals surface area contributed by atoms with E-state index in [1.54, 1.807) is 25.1 Å². The van der Waals surface area contributed by atoms with Crippen LogP contribution >= 0.6 is 0 Å². The van der Waals surface area contributed by atoms with Crippen LogP contribution in [-0.4, -0.2) is 59.3 Å². The number of carbonyl (C=O) groups is 2. The van der Waals surface area contributed by atoms with Crippen molar-refractivity contribution < 1.29 is 14.3 Å². The zero-order valence-corrected chi connectivity index (χ0v) is 21.3. The fourth-order valence-corrected chi connectivity index (χ4v) is 4.51. The Labute approximate surface area is 217 Å². The number of nitrogens with one attached hydrogen (secondary N) is 1. The molecule has 37 heavy (non-hydrogen) atoms. The van der Waals surface area contributed by atoms with Gasteiger partial charge in [-0.05, 0) is 62.2 Å². The molecule has 0 aliphatic carbocycles. The minimum Gasteiger partial charge on any atom is -0.466 e. The van der Waals surface area contributed by atoms with Crippen molar-refractivity contribution in [3.8, 4) is 11.3 Å². The molecular formula is C29H34N4O4. The van der Waals surface area contributed by atoms with E-state index < -0.39 is 0 Å². The lowest BCUT2D eigenvalue weighted by Gasteiger charge is -2.26. The lowest BCUT2D eigenvalue weighted by Crippen LogP contribution is -2.37. The molecule has 0 bridgehead atoms. The van der Waals surface area contributed by atoms with Crippen LogP contribution in [0.15, 0.2) is 65.5 Å². The number of carbonyl (C=O) groups excluding carboxylic acids is 2. The topological polar surface area (TPSA) is 93.5 Å². The van der Waals surface area contributed by atoms with Gasteiger partial charge in [-0.15, -0.1) is 0 Å². The van der Waals surface area contributed by atoms with Crippen LogP contribution in [0, 0.1) is 0 Å². The van der Waals surface area contributed by atoms with E-state index in [0.717, 1.165) is 36.3 Å². The molecule has 1 aliphatic heterocycles. The van der Waals surface area contributed by atoms with Crippen LogP contribution in [0.4, 0.5) is 0 Å². The lowest BCUT2D eigenvalue weighted by atomic mass is 10.1. The number of hydrogen-bond donors (Lipinski definition) is 1. The zero-order valence-electron chi connectivity index (χ0n) is 21.3. The average molecular weight is 503 g/mol. The number of esters is 1. The van der Waals surface area contributed by atoms with Crippen molar-refractivity contribution in [3.05, 3.63) is 87.7 Å².